The average Bonchev–Trinajstić information content (AvgIpc) is 2.37. The Balaban J connectivity index is 0.00000361. The van der Waals surface area contributed by atoms with Crippen LogP contribution in [0, 0.1) is 0 Å². The Morgan fingerprint density at radius 3 is 2.55 bits per heavy atom. The average molecular weight is 301 g/mol. The number of carbonyl (C=O) groups excluding carboxylic acids is 2. The Morgan fingerprint density at radius 1 is 1.40 bits per heavy atom. The summed E-state index contributed by atoms with van der Waals surface area (Å²) in [6.07, 6.45) is 1.26. The van der Waals surface area contributed by atoms with Gasteiger partial charge in [-0.1, -0.05) is 19.4 Å². The molecule has 1 rings (SSSR count). The molecule has 0 aromatic heterocycles. The molecule has 0 heterocycles. The SMILES string of the molecule is CCCC(C)(NC(=O)c1cccc(N)c1)C(=O)OC.Cl. The van der Waals surface area contributed by atoms with Crippen molar-refractivity contribution in [3.8, 4) is 0 Å². The molecule has 0 aliphatic carbocycles. The van der Waals surface area contributed by atoms with Gasteiger partial charge in [0.2, 0.25) is 0 Å². The molecule has 6 heteroatoms. The third-order valence-electron chi connectivity index (χ3n) is 2.92. The van der Waals surface area contributed by atoms with Gasteiger partial charge in [-0.25, -0.2) is 4.79 Å². The van der Waals surface area contributed by atoms with Crippen molar-refractivity contribution in [1.29, 1.82) is 0 Å². The van der Waals surface area contributed by atoms with Gasteiger partial charge in [-0.15, -0.1) is 12.4 Å². The summed E-state index contributed by atoms with van der Waals surface area (Å²) in [5.74, 6) is -0.791. The normalized spacial score (nSPS) is 12.8. The number of benzene rings is 1. The van der Waals surface area contributed by atoms with E-state index in [0.717, 1.165) is 6.42 Å². The van der Waals surface area contributed by atoms with E-state index in [9.17, 15) is 9.59 Å². The maximum atomic E-state index is 12.1. The van der Waals surface area contributed by atoms with E-state index in [1.54, 1.807) is 31.2 Å². The molecule has 0 aliphatic rings. The molecular weight excluding hydrogens is 280 g/mol. The number of carbonyl (C=O) groups is 2. The van der Waals surface area contributed by atoms with Crippen molar-refractivity contribution in [3.63, 3.8) is 0 Å². The van der Waals surface area contributed by atoms with Gasteiger partial charge in [-0.05, 0) is 31.5 Å². The van der Waals surface area contributed by atoms with Crippen molar-refractivity contribution < 1.29 is 14.3 Å². The van der Waals surface area contributed by atoms with Crippen LogP contribution in [-0.2, 0) is 9.53 Å². The van der Waals surface area contributed by atoms with Crippen LogP contribution < -0.4 is 11.1 Å². The zero-order valence-corrected chi connectivity index (χ0v) is 12.8. The molecule has 0 bridgehead atoms. The Morgan fingerprint density at radius 2 is 2.05 bits per heavy atom. The Bertz CT molecular complexity index is 479. The van der Waals surface area contributed by atoms with Gasteiger partial charge < -0.3 is 15.8 Å². The molecule has 5 nitrogen and oxygen atoms in total. The number of nitrogens with two attached hydrogens (primary N) is 1. The van der Waals surface area contributed by atoms with Crippen LogP contribution in [0.2, 0.25) is 0 Å². The monoisotopic (exact) mass is 300 g/mol. The summed E-state index contributed by atoms with van der Waals surface area (Å²) in [5.41, 5.74) is 5.54. The molecule has 0 radical (unpaired) electrons. The zero-order valence-electron chi connectivity index (χ0n) is 11.9. The van der Waals surface area contributed by atoms with Crippen molar-refractivity contribution in [3.05, 3.63) is 29.8 Å². The Hall–Kier alpha value is -1.75. The van der Waals surface area contributed by atoms with Crippen molar-refractivity contribution in [2.45, 2.75) is 32.2 Å². The van der Waals surface area contributed by atoms with Crippen LogP contribution in [0.5, 0.6) is 0 Å². The third kappa shape index (κ3) is 4.42. The number of rotatable bonds is 5. The lowest BCUT2D eigenvalue weighted by atomic mass is 9.95. The van der Waals surface area contributed by atoms with Gasteiger partial charge in [0.25, 0.3) is 5.91 Å². The Kier molecular flexibility index (Phi) is 7.07. The maximum absolute atomic E-state index is 12.1. The topological polar surface area (TPSA) is 81.4 Å². The molecule has 1 unspecified atom stereocenters. The van der Waals surface area contributed by atoms with E-state index in [1.165, 1.54) is 7.11 Å². The fraction of sp³-hybridized carbons (Fsp3) is 0.429. The first-order valence-electron chi connectivity index (χ1n) is 6.19. The van der Waals surface area contributed by atoms with E-state index in [1.807, 2.05) is 6.92 Å². The number of ether oxygens (including phenoxy) is 1. The maximum Gasteiger partial charge on any atom is 0.331 e. The van der Waals surface area contributed by atoms with Gasteiger partial charge in [0.1, 0.15) is 5.54 Å². The lowest BCUT2D eigenvalue weighted by molar-refractivity contribution is -0.147. The van der Waals surface area contributed by atoms with Crippen molar-refractivity contribution in [1.82, 2.24) is 5.32 Å². The second-order valence-electron chi connectivity index (χ2n) is 4.65. The second-order valence-corrected chi connectivity index (χ2v) is 4.65. The number of methoxy groups -OCH3 is 1. The number of anilines is 1. The first-order chi connectivity index (χ1) is 8.92. The standard InChI is InChI=1S/C14H20N2O3.ClH/c1-4-8-14(2,13(18)19-3)16-12(17)10-6-5-7-11(15)9-10;/h5-7,9H,4,8,15H2,1-3H3,(H,16,17);1H. The quantitative estimate of drug-likeness (QED) is 0.645. The summed E-state index contributed by atoms with van der Waals surface area (Å²) in [4.78, 5) is 23.9. The molecule has 1 aromatic carbocycles. The number of nitrogens with one attached hydrogen (secondary N) is 1. The molecule has 3 N–H and O–H groups in total. The molecule has 0 aliphatic heterocycles. The summed E-state index contributed by atoms with van der Waals surface area (Å²) < 4.78 is 4.75. The molecule has 1 atom stereocenters. The number of halogens is 1. The first-order valence-corrected chi connectivity index (χ1v) is 6.19. The smallest absolute Gasteiger partial charge is 0.331 e. The van der Waals surface area contributed by atoms with Crippen LogP contribution >= 0.6 is 12.4 Å². The molecule has 0 fully saturated rings. The number of amides is 1. The predicted octanol–water partition coefficient (Wildman–Crippen LogP) is 2.15. The lowest BCUT2D eigenvalue weighted by Crippen LogP contribution is -2.52. The number of esters is 1. The van der Waals surface area contributed by atoms with E-state index >= 15 is 0 Å². The minimum atomic E-state index is -1.02. The fourth-order valence-corrected chi connectivity index (χ4v) is 1.94. The van der Waals surface area contributed by atoms with E-state index in [0.29, 0.717) is 17.7 Å². The first kappa shape index (κ1) is 18.2. The van der Waals surface area contributed by atoms with Crippen LogP contribution in [0.25, 0.3) is 0 Å². The summed E-state index contributed by atoms with van der Waals surface area (Å²) in [6, 6.07) is 6.61. The van der Waals surface area contributed by atoms with Gasteiger partial charge >= 0.3 is 5.97 Å². The van der Waals surface area contributed by atoms with Gasteiger partial charge in [0.05, 0.1) is 7.11 Å². The van der Waals surface area contributed by atoms with Gasteiger partial charge in [0, 0.05) is 11.3 Å². The summed E-state index contributed by atoms with van der Waals surface area (Å²) in [7, 11) is 1.31. The van der Waals surface area contributed by atoms with Crippen LogP contribution in [0.3, 0.4) is 0 Å². The third-order valence-corrected chi connectivity index (χ3v) is 2.92. The van der Waals surface area contributed by atoms with Crippen molar-refractivity contribution in [2.75, 3.05) is 12.8 Å². The van der Waals surface area contributed by atoms with Gasteiger partial charge in [0.15, 0.2) is 0 Å². The molecular formula is C14H21ClN2O3. The summed E-state index contributed by atoms with van der Waals surface area (Å²) in [6.45, 7) is 3.60. The highest BCUT2D eigenvalue weighted by Gasteiger charge is 2.35. The summed E-state index contributed by atoms with van der Waals surface area (Å²) in [5, 5.41) is 2.72. The minimum Gasteiger partial charge on any atom is -0.467 e. The summed E-state index contributed by atoms with van der Waals surface area (Å²) >= 11 is 0. The fourth-order valence-electron chi connectivity index (χ4n) is 1.94. The molecule has 20 heavy (non-hydrogen) atoms. The lowest BCUT2D eigenvalue weighted by Gasteiger charge is -2.27. The number of hydrogen-bond acceptors (Lipinski definition) is 4. The second kappa shape index (κ2) is 7.75. The largest absolute Gasteiger partial charge is 0.467 e. The zero-order chi connectivity index (χ0) is 14.5. The van der Waals surface area contributed by atoms with Crippen LogP contribution in [0.15, 0.2) is 24.3 Å². The highest BCUT2D eigenvalue weighted by Crippen LogP contribution is 2.16. The molecule has 0 saturated heterocycles. The number of hydrogen-bond donors (Lipinski definition) is 2. The molecule has 0 saturated carbocycles. The molecule has 1 amide bonds. The molecule has 0 spiro atoms. The van der Waals surface area contributed by atoms with Crippen molar-refractivity contribution >= 4 is 30.0 Å². The van der Waals surface area contributed by atoms with E-state index in [2.05, 4.69) is 5.32 Å². The molecule has 112 valence electrons. The minimum absolute atomic E-state index is 0. The van der Waals surface area contributed by atoms with Crippen LogP contribution in [0.1, 0.15) is 37.0 Å². The van der Waals surface area contributed by atoms with Gasteiger partial charge in [-0.3, -0.25) is 4.79 Å². The highest BCUT2D eigenvalue weighted by molar-refractivity contribution is 5.98. The van der Waals surface area contributed by atoms with Crippen molar-refractivity contribution in [2.24, 2.45) is 0 Å². The molecule has 1 aromatic rings. The Labute approximate surface area is 125 Å². The van der Waals surface area contributed by atoms with E-state index < -0.39 is 11.5 Å². The predicted molar refractivity (Wildman–Crippen MR) is 80.9 cm³/mol. The van der Waals surface area contributed by atoms with E-state index in [-0.39, 0.29) is 18.3 Å². The number of nitrogen functional groups attached to an aromatic ring is 1. The van der Waals surface area contributed by atoms with Crippen LogP contribution in [-0.4, -0.2) is 24.5 Å². The highest BCUT2D eigenvalue weighted by atomic mass is 35.5. The van der Waals surface area contributed by atoms with E-state index in [4.69, 9.17) is 10.5 Å². The van der Waals surface area contributed by atoms with Gasteiger partial charge in [-0.2, -0.15) is 0 Å². The van der Waals surface area contributed by atoms with Crippen LogP contribution in [0.4, 0.5) is 5.69 Å².